The fourth-order valence-electron chi connectivity index (χ4n) is 3.31. The van der Waals surface area contributed by atoms with Gasteiger partial charge in [0.2, 0.25) is 5.91 Å². The number of benzene rings is 3. The van der Waals surface area contributed by atoms with Gasteiger partial charge in [0.15, 0.2) is 0 Å². The van der Waals surface area contributed by atoms with Crippen LogP contribution in [0.15, 0.2) is 88.7 Å². The minimum absolute atomic E-state index is 0.123. The summed E-state index contributed by atoms with van der Waals surface area (Å²) in [5.74, 6) is 0.231. The van der Waals surface area contributed by atoms with Gasteiger partial charge in [-0.15, -0.1) is 11.8 Å². The Labute approximate surface area is 200 Å². The molecule has 6 nitrogen and oxygen atoms in total. The van der Waals surface area contributed by atoms with Crippen molar-refractivity contribution in [3.8, 4) is 5.75 Å². The van der Waals surface area contributed by atoms with Gasteiger partial charge in [0.05, 0.1) is 23.2 Å². The van der Waals surface area contributed by atoms with Crippen molar-refractivity contribution in [1.29, 1.82) is 0 Å². The molecule has 1 atom stereocenters. The average Bonchev–Trinajstić information content (AvgIpc) is 2.84. The van der Waals surface area contributed by atoms with Crippen LogP contribution < -0.4 is 14.4 Å². The molecule has 0 radical (unpaired) electrons. The predicted octanol–water partition coefficient (Wildman–Crippen LogP) is 4.88. The van der Waals surface area contributed by atoms with Crippen LogP contribution >= 0.6 is 11.8 Å². The van der Waals surface area contributed by atoms with Gasteiger partial charge in [0, 0.05) is 4.90 Å². The van der Waals surface area contributed by atoms with E-state index in [1.54, 1.807) is 48.5 Å². The van der Waals surface area contributed by atoms with Crippen LogP contribution in [0.25, 0.3) is 0 Å². The number of ether oxygens (including phenoxy) is 1. The summed E-state index contributed by atoms with van der Waals surface area (Å²) in [5.41, 5.74) is 1.32. The molecule has 0 aromatic heterocycles. The second-order valence-corrected chi connectivity index (χ2v) is 10.1. The molecule has 174 valence electrons. The summed E-state index contributed by atoms with van der Waals surface area (Å²) in [6.45, 7) is 3.89. The predicted molar refractivity (Wildman–Crippen MR) is 133 cm³/mol. The van der Waals surface area contributed by atoms with Crippen LogP contribution in [0.1, 0.15) is 25.5 Å². The van der Waals surface area contributed by atoms with E-state index in [1.807, 2.05) is 50.4 Å². The Balaban J connectivity index is 1.89. The van der Waals surface area contributed by atoms with Crippen LogP contribution in [0.3, 0.4) is 0 Å². The Morgan fingerprint density at radius 3 is 2.21 bits per heavy atom. The van der Waals surface area contributed by atoms with Crippen molar-refractivity contribution in [3.63, 3.8) is 0 Å². The number of hydrogen-bond acceptors (Lipinski definition) is 5. The summed E-state index contributed by atoms with van der Waals surface area (Å²) in [5, 5.41) is 2.90. The number of thioether (sulfide) groups is 1. The van der Waals surface area contributed by atoms with E-state index in [2.05, 4.69) is 5.32 Å². The number of sulfonamides is 1. The number of rotatable bonds is 10. The molecule has 3 aromatic carbocycles. The van der Waals surface area contributed by atoms with Gasteiger partial charge in [-0.3, -0.25) is 9.10 Å². The lowest BCUT2D eigenvalue weighted by atomic mass is 10.1. The van der Waals surface area contributed by atoms with E-state index >= 15 is 0 Å². The molecular formula is C25H28N2O4S2. The molecule has 0 heterocycles. The van der Waals surface area contributed by atoms with Crippen LogP contribution in [-0.4, -0.2) is 33.7 Å². The molecule has 3 rings (SSSR count). The van der Waals surface area contributed by atoms with E-state index in [0.717, 1.165) is 14.8 Å². The molecule has 0 fully saturated rings. The molecule has 1 amide bonds. The highest BCUT2D eigenvalue weighted by atomic mass is 32.2. The molecule has 1 N–H and O–H groups in total. The molecule has 0 aliphatic rings. The first-order valence-electron chi connectivity index (χ1n) is 10.6. The molecule has 0 unspecified atom stereocenters. The van der Waals surface area contributed by atoms with E-state index in [1.165, 1.54) is 11.8 Å². The van der Waals surface area contributed by atoms with Crippen molar-refractivity contribution in [3.05, 3.63) is 84.4 Å². The Morgan fingerprint density at radius 1 is 1.00 bits per heavy atom. The zero-order valence-electron chi connectivity index (χ0n) is 18.9. The first-order valence-corrected chi connectivity index (χ1v) is 13.3. The van der Waals surface area contributed by atoms with Gasteiger partial charge in [-0.2, -0.15) is 0 Å². The van der Waals surface area contributed by atoms with E-state index in [4.69, 9.17) is 4.74 Å². The second kappa shape index (κ2) is 11.2. The van der Waals surface area contributed by atoms with Gasteiger partial charge in [-0.05, 0) is 74.2 Å². The highest BCUT2D eigenvalue weighted by Crippen LogP contribution is 2.27. The highest BCUT2D eigenvalue weighted by Gasteiger charge is 2.28. The van der Waals surface area contributed by atoms with Crippen LogP contribution in [0.5, 0.6) is 5.75 Å². The van der Waals surface area contributed by atoms with Crippen molar-refractivity contribution in [2.45, 2.75) is 29.7 Å². The Hall–Kier alpha value is -2.97. The van der Waals surface area contributed by atoms with Crippen LogP contribution in [0.4, 0.5) is 5.69 Å². The number of amides is 1. The smallest absolute Gasteiger partial charge is 0.264 e. The maximum absolute atomic E-state index is 13.5. The second-order valence-electron chi connectivity index (χ2n) is 7.31. The first-order chi connectivity index (χ1) is 15.8. The minimum Gasteiger partial charge on any atom is -0.494 e. The fourth-order valence-corrected chi connectivity index (χ4v) is 5.14. The lowest BCUT2D eigenvalue weighted by Gasteiger charge is -2.25. The number of carbonyl (C=O) groups excluding carboxylic acids is 1. The topological polar surface area (TPSA) is 75.7 Å². The molecule has 0 aliphatic carbocycles. The SMILES string of the molecule is CCOc1ccc(N(CC(=O)N[C@H](C)c2ccccc2)S(=O)(=O)c2ccc(SC)cc2)cc1. The zero-order chi connectivity index (χ0) is 23.8. The van der Waals surface area contributed by atoms with Crippen LogP contribution in [-0.2, 0) is 14.8 Å². The van der Waals surface area contributed by atoms with Crippen LogP contribution in [0.2, 0.25) is 0 Å². The number of nitrogens with zero attached hydrogens (tertiary/aromatic N) is 1. The highest BCUT2D eigenvalue weighted by molar-refractivity contribution is 7.98. The molecule has 0 saturated carbocycles. The summed E-state index contributed by atoms with van der Waals surface area (Å²) >= 11 is 1.53. The lowest BCUT2D eigenvalue weighted by Crippen LogP contribution is -2.41. The lowest BCUT2D eigenvalue weighted by molar-refractivity contribution is -0.120. The summed E-state index contributed by atoms with van der Waals surface area (Å²) in [6, 6.07) is 22.6. The third-order valence-corrected chi connectivity index (χ3v) is 7.58. The maximum Gasteiger partial charge on any atom is 0.264 e. The number of anilines is 1. The fraction of sp³-hybridized carbons (Fsp3) is 0.240. The standard InChI is InChI=1S/C25H28N2O4S2/c1-4-31-22-12-10-21(11-13-22)27(33(29,30)24-16-14-23(32-3)15-17-24)18-25(28)26-19(2)20-8-6-5-7-9-20/h5-17,19H,4,18H2,1-3H3,(H,26,28)/t19-/m1/s1. The Morgan fingerprint density at radius 2 is 1.64 bits per heavy atom. The van der Waals surface area contributed by atoms with Gasteiger partial charge in [0.25, 0.3) is 10.0 Å². The quantitative estimate of drug-likeness (QED) is 0.415. The van der Waals surface area contributed by atoms with E-state index in [0.29, 0.717) is 18.0 Å². The molecule has 33 heavy (non-hydrogen) atoms. The molecule has 0 aliphatic heterocycles. The normalized spacial score (nSPS) is 12.1. The third-order valence-electron chi connectivity index (χ3n) is 5.05. The zero-order valence-corrected chi connectivity index (χ0v) is 20.5. The van der Waals surface area contributed by atoms with Gasteiger partial charge >= 0.3 is 0 Å². The van der Waals surface area contributed by atoms with Gasteiger partial charge in [-0.1, -0.05) is 30.3 Å². The van der Waals surface area contributed by atoms with Gasteiger partial charge in [-0.25, -0.2) is 8.42 Å². The summed E-state index contributed by atoms with van der Waals surface area (Å²) in [4.78, 5) is 14.0. The number of carbonyl (C=O) groups is 1. The monoisotopic (exact) mass is 484 g/mol. The van der Waals surface area contributed by atoms with Crippen molar-refractivity contribution >= 4 is 33.4 Å². The summed E-state index contributed by atoms with van der Waals surface area (Å²) in [7, 11) is -3.98. The van der Waals surface area contributed by atoms with E-state index < -0.39 is 15.9 Å². The van der Waals surface area contributed by atoms with Crippen LogP contribution in [0, 0.1) is 0 Å². The minimum atomic E-state index is -3.98. The summed E-state index contributed by atoms with van der Waals surface area (Å²) < 4.78 is 33.7. The van der Waals surface area contributed by atoms with Gasteiger partial charge < -0.3 is 10.1 Å². The van der Waals surface area contributed by atoms with Crippen molar-refractivity contribution < 1.29 is 17.9 Å². The molecule has 8 heteroatoms. The molecule has 0 spiro atoms. The van der Waals surface area contributed by atoms with Crippen molar-refractivity contribution in [2.75, 3.05) is 23.7 Å². The first kappa shape index (κ1) is 24.7. The number of nitrogens with one attached hydrogen (secondary N) is 1. The summed E-state index contributed by atoms with van der Waals surface area (Å²) in [6.07, 6.45) is 1.92. The van der Waals surface area contributed by atoms with Crippen molar-refractivity contribution in [2.24, 2.45) is 0 Å². The largest absolute Gasteiger partial charge is 0.494 e. The molecule has 0 bridgehead atoms. The third kappa shape index (κ3) is 6.30. The van der Waals surface area contributed by atoms with E-state index in [-0.39, 0.29) is 17.5 Å². The Bertz CT molecular complexity index is 1150. The maximum atomic E-state index is 13.5. The number of hydrogen-bond donors (Lipinski definition) is 1. The van der Waals surface area contributed by atoms with Crippen molar-refractivity contribution in [1.82, 2.24) is 5.32 Å². The molecular weight excluding hydrogens is 456 g/mol. The average molecular weight is 485 g/mol. The molecule has 0 saturated heterocycles. The molecule has 3 aromatic rings. The Kier molecular flexibility index (Phi) is 8.41. The van der Waals surface area contributed by atoms with E-state index in [9.17, 15) is 13.2 Å². The van der Waals surface area contributed by atoms with Gasteiger partial charge in [0.1, 0.15) is 12.3 Å².